The second-order valence-corrected chi connectivity index (χ2v) is 6.79. The quantitative estimate of drug-likeness (QED) is 0.357. The Morgan fingerprint density at radius 3 is 2.50 bits per heavy atom. The maximum atomic E-state index is 6.62. The van der Waals surface area contributed by atoms with E-state index in [1.165, 1.54) is 0 Å². The molecule has 2 aromatic carbocycles. The summed E-state index contributed by atoms with van der Waals surface area (Å²) >= 11 is 0. The number of pyridine rings is 1. The Morgan fingerprint density at radius 1 is 0.857 bits per heavy atom. The maximum Gasteiger partial charge on any atom is 0.221 e. The molecule has 4 aromatic heterocycles. The van der Waals surface area contributed by atoms with E-state index in [2.05, 4.69) is 19.9 Å². The minimum atomic E-state index is 0.217. The SMILES string of the molecule is N/C(c1c[nH]c2ccccc12)=c1\[nH]c2nc3ccccc3c2c2nc(N)nc12. The number of anilines is 1. The average Bonchev–Trinajstić information content (AvgIpc) is 3.40. The van der Waals surface area contributed by atoms with Gasteiger partial charge >= 0.3 is 0 Å². The second-order valence-electron chi connectivity index (χ2n) is 6.79. The van der Waals surface area contributed by atoms with E-state index in [0.717, 1.165) is 32.8 Å². The third kappa shape index (κ3) is 1.90. The van der Waals surface area contributed by atoms with E-state index in [9.17, 15) is 0 Å². The molecule has 0 atom stereocenters. The molecule has 4 heterocycles. The van der Waals surface area contributed by atoms with Crippen LogP contribution in [0.25, 0.3) is 49.6 Å². The molecule has 134 valence electrons. The number of hydrogen-bond donors (Lipinski definition) is 4. The van der Waals surface area contributed by atoms with Crippen molar-refractivity contribution >= 4 is 55.5 Å². The summed E-state index contributed by atoms with van der Waals surface area (Å²) in [6, 6.07) is 16.0. The molecule has 0 aliphatic carbocycles. The highest BCUT2D eigenvalue weighted by Crippen LogP contribution is 2.29. The molecule has 0 radical (unpaired) electrons. The maximum absolute atomic E-state index is 6.62. The van der Waals surface area contributed by atoms with Crippen LogP contribution in [0.1, 0.15) is 5.56 Å². The molecular weight excluding hydrogens is 350 g/mol. The molecule has 0 aliphatic heterocycles. The Balaban J connectivity index is 1.82. The van der Waals surface area contributed by atoms with Crippen LogP contribution in [-0.4, -0.2) is 24.9 Å². The molecule has 7 heteroatoms. The number of nitrogens with zero attached hydrogens (tertiary/aromatic N) is 3. The molecule has 0 saturated carbocycles. The summed E-state index contributed by atoms with van der Waals surface area (Å²) in [5.74, 6) is 0.217. The van der Waals surface area contributed by atoms with Crippen molar-refractivity contribution in [2.45, 2.75) is 0 Å². The number of nitrogens with one attached hydrogen (secondary N) is 2. The van der Waals surface area contributed by atoms with E-state index in [1.54, 1.807) is 0 Å². The number of imidazole rings is 1. The largest absolute Gasteiger partial charge is 0.396 e. The number of H-pyrrole nitrogens is 2. The fourth-order valence-electron chi connectivity index (χ4n) is 3.93. The molecule has 7 nitrogen and oxygen atoms in total. The molecule has 0 unspecified atom stereocenters. The fourth-order valence-corrected chi connectivity index (χ4v) is 3.93. The van der Waals surface area contributed by atoms with E-state index in [-0.39, 0.29) is 5.95 Å². The van der Waals surface area contributed by atoms with Crippen molar-refractivity contribution in [2.24, 2.45) is 5.73 Å². The Bertz CT molecular complexity index is 1590. The van der Waals surface area contributed by atoms with Crippen LogP contribution in [-0.2, 0) is 0 Å². The number of aromatic amines is 2. The minimum Gasteiger partial charge on any atom is -0.396 e. The van der Waals surface area contributed by atoms with Gasteiger partial charge in [-0.1, -0.05) is 36.4 Å². The Morgan fingerprint density at radius 2 is 1.61 bits per heavy atom. The van der Waals surface area contributed by atoms with Crippen LogP contribution in [0.3, 0.4) is 0 Å². The molecule has 0 aliphatic rings. The van der Waals surface area contributed by atoms with Gasteiger partial charge < -0.3 is 21.4 Å². The number of rotatable bonds is 1. The highest BCUT2D eigenvalue weighted by Gasteiger charge is 2.17. The van der Waals surface area contributed by atoms with Gasteiger partial charge in [-0.25, -0.2) is 15.0 Å². The monoisotopic (exact) mass is 365 g/mol. The zero-order valence-corrected chi connectivity index (χ0v) is 14.7. The lowest BCUT2D eigenvalue weighted by Crippen LogP contribution is -2.19. The average molecular weight is 365 g/mol. The summed E-state index contributed by atoms with van der Waals surface area (Å²) in [5, 5.41) is 3.62. The number of benzene rings is 2. The van der Waals surface area contributed by atoms with Crippen LogP contribution in [0.5, 0.6) is 0 Å². The van der Waals surface area contributed by atoms with Gasteiger partial charge in [0.05, 0.1) is 21.9 Å². The van der Waals surface area contributed by atoms with Crippen molar-refractivity contribution in [1.82, 2.24) is 24.9 Å². The normalized spacial score (nSPS) is 13.1. The molecule has 0 saturated heterocycles. The first-order valence-electron chi connectivity index (χ1n) is 8.90. The first kappa shape index (κ1) is 15.0. The molecule has 6 rings (SSSR count). The van der Waals surface area contributed by atoms with Crippen molar-refractivity contribution in [3.05, 3.63) is 65.6 Å². The van der Waals surface area contributed by atoms with Gasteiger partial charge in [-0.05, 0) is 12.1 Å². The lowest BCUT2D eigenvalue weighted by Gasteiger charge is -2.02. The molecule has 0 amide bonds. The number of fused-ring (bicyclic) bond motifs is 6. The molecule has 6 N–H and O–H groups in total. The predicted molar refractivity (Wildman–Crippen MR) is 111 cm³/mol. The second kappa shape index (κ2) is 5.20. The molecule has 0 fully saturated rings. The summed E-state index contributed by atoms with van der Waals surface area (Å²) in [6.07, 6.45) is 1.90. The van der Waals surface area contributed by atoms with E-state index < -0.39 is 0 Å². The highest BCUT2D eigenvalue weighted by atomic mass is 15.0. The number of para-hydroxylation sites is 2. The Labute approximate surface area is 158 Å². The molecule has 0 spiro atoms. The summed E-state index contributed by atoms with van der Waals surface area (Å²) in [6.45, 7) is 0. The van der Waals surface area contributed by atoms with Crippen LogP contribution in [0.2, 0.25) is 0 Å². The van der Waals surface area contributed by atoms with Crippen LogP contribution >= 0.6 is 0 Å². The first-order valence-corrected chi connectivity index (χ1v) is 8.90. The van der Waals surface area contributed by atoms with Gasteiger partial charge in [0, 0.05) is 28.0 Å². The summed E-state index contributed by atoms with van der Waals surface area (Å²) in [4.78, 5) is 20.3. The zero-order valence-electron chi connectivity index (χ0n) is 14.7. The Kier molecular flexibility index (Phi) is 2.78. The smallest absolute Gasteiger partial charge is 0.221 e. The Hall–Kier alpha value is -4.13. The van der Waals surface area contributed by atoms with Gasteiger partial charge in [0.2, 0.25) is 5.95 Å². The van der Waals surface area contributed by atoms with E-state index in [4.69, 9.17) is 16.5 Å². The van der Waals surface area contributed by atoms with Gasteiger partial charge in [0.15, 0.2) is 0 Å². The summed E-state index contributed by atoms with van der Waals surface area (Å²) < 4.78 is 0. The summed E-state index contributed by atoms with van der Waals surface area (Å²) in [5.41, 5.74) is 18.0. The molecular formula is C21H15N7. The van der Waals surface area contributed by atoms with Gasteiger partial charge in [0.25, 0.3) is 0 Å². The third-order valence-corrected chi connectivity index (χ3v) is 5.19. The van der Waals surface area contributed by atoms with Gasteiger partial charge in [-0.2, -0.15) is 0 Å². The van der Waals surface area contributed by atoms with Crippen molar-refractivity contribution < 1.29 is 0 Å². The summed E-state index contributed by atoms with van der Waals surface area (Å²) in [7, 11) is 0. The van der Waals surface area contributed by atoms with Crippen LogP contribution in [0.15, 0.2) is 54.7 Å². The van der Waals surface area contributed by atoms with Crippen molar-refractivity contribution in [2.75, 3.05) is 5.73 Å². The first-order chi connectivity index (χ1) is 13.7. The number of hydrogen-bond acceptors (Lipinski definition) is 5. The van der Waals surface area contributed by atoms with Crippen molar-refractivity contribution in [3.8, 4) is 0 Å². The number of nitrogens with two attached hydrogens (primary N) is 2. The zero-order chi connectivity index (χ0) is 18.8. The van der Waals surface area contributed by atoms with Gasteiger partial charge in [-0.15, -0.1) is 0 Å². The topological polar surface area (TPSA) is 122 Å². The fraction of sp³-hybridized carbons (Fsp3) is 0. The van der Waals surface area contributed by atoms with Crippen molar-refractivity contribution in [1.29, 1.82) is 0 Å². The molecule has 6 aromatic rings. The number of aromatic nitrogens is 5. The lowest BCUT2D eigenvalue weighted by molar-refractivity contribution is 1.26. The van der Waals surface area contributed by atoms with E-state index in [1.807, 2.05) is 54.7 Å². The minimum absolute atomic E-state index is 0.217. The number of nitrogen functional groups attached to an aromatic ring is 1. The third-order valence-electron chi connectivity index (χ3n) is 5.19. The van der Waals surface area contributed by atoms with E-state index in [0.29, 0.717) is 27.7 Å². The highest BCUT2D eigenvalue weighted by molar-refractivity contribution is 6.17. The standard InChI is InChI=1S/C21H15N7/c22-16(12-9-24-13-7-3-1-5-10(12)13)18-19-17(27-21(23)28-19)15-11-6-2-4-8-14(11)25-20(15)26-18/h1-9,24H,22H2,(H2,23,27)(H,25,26)/b18-16-. The molecule has 28 heavy (non-hydrogen) atoms. The van der Waals surface area contributed by atoms with Gasteiger partial charge in [0.1, 0.15) is 16.7 Å². The van der Waals surface area contributed by atoms with E-state index >= 15 is 0 Å². The van der Waals surface area contributed by atoms with Crippen LogP contribution in [0.4, 0.5) is 5.95 Å². The van der Waals surface area contributed by atoms with Crippen LogP contribution < -0.4 is 16.8 Å². The van der Waals surface area contributed by atoms with Gasteiger partial charge in [-0.3, -0.25) is 0 Å². The van der Waals surface area contributed by atoms with Crippen molar-refractivity contribution in [3.63, 3.8) is 0 Å². The van der Waals surface area contributed by atoms with Crippen LogP contribution in [0, 0.1) is 0 Å². The lowest BCUT2D eigenvalue weighted by atomic mass is 10.1. The predicted octanol–water partition coefficient (Wildman–Crippen LogP) is 2.56. The molecule has 0 bridgehead atoms.